The van der Waals surface area contributed by atoms with Gasteiger partial charge >= 0.3 is 0 Å². The third kappa shape index (κ3) is 3.26. The highest BCUT2D eigenvalue weighted by molar-refractivity contribution is 7.99. The molecular weight excluding hydrogens is 376 g/mol. The smallest absolute Gasteiger partial charge is 0.227 e. The lowest BCUT2D eigenvalue weighted by Crippen LogP contribution is -2.31. The van der Waals surface area contributed by atoms with Gasteiger partial charge in [0.1, 0.15) is 6.04 Å². The van der Waals surface area contributed by atoms with E-state index in [9.17, 15) is 4.79 Å². The van der Waals surface area contributed by atoms with Gasteiger partial charge in [-0.3, -0.25) is 4.79 Å². The Morgan fingerprint density at radius 1 is 1.29 bits per heavy atom. The van der Waals surface area contributed by atoms with Gasteiger partial charge in [-0.25, -0.2) is 4.68 Å². The number of carbonyl (C=O) groups excluding carboxylic acids is 1. The van der Waals surface area contributed by atoms with E-state index in [4.69, 9.17) is 9.47 Å². The second kappa shape index (κ2) is 7.87. The van der Waals surface area contributed by atoms with Crippen LogP contribution in [0.1, 0.15) is 44.7 Å². The molecule has 2 aliphatic rings. The molecule has 28 heavy (non-hydrogen) atoms. The summed E-state index contributed by atoms with van der Waals surface area (Å²) in [6.07, 6.45) is 2.26. The summed E-state index contributed by atoms with van der Waals surface area (Å²) in [7, 11) is 1.62. The molecule has 0 unspecified atom stereocenters. The zero-order valence-electron chi connectivity index (χ0n) is 16.3. The Morgan fingerprint density at radius 2 is 2.14 bits per heavy atom. The molecule has 0 fully saturated rings. The van der Waals surface area contributed by atoms with Gasteiger partial charge in [0, 0.05) is 17.7 Å². The summed E-state index contributed by atoms with van der Waals surface area (Å²) >= 11 is 1.59. The fourth-order valence-corrected chi connectivity index (χ4v) is 4.32. The number of rotatable bonds is 6. The van der Waals surface area contributed by atoms with Crippen LogP contribution in [-0.4, -0.2) is 40.0 Å². The van der Waals surface area contributed by atoms with Crippen LogP contribution in [0.2, 0.25) is 0 Å². The second-order valence-corrected chi connectivity index (χ2v) is 7.87. The Labute approximate surface area is 168 Å². The fraction of sp³-hybridized carbons (Fsp3) is 0.450. The molecule has 4 rings (SSSR count). The van der Waals surface area contributed by atoms with Crippen LogP contribution in [0, 0.1) is 0 Å². The van der Waals surface area contributed by atoms with E-state index in [1.54, 1.807) is 18.9 Å². The lowest BCUT2D eigenvalue weighted by Gasteiger charge is -2.32. The summed E-state index contributed by atoms with van der Waals surface area (Å²) in [6.45, 7) is 4.56. The molecule has 0 saturated carbocycles. The van der Waals surface area contributed by atoms with E-state index in [1.165, 1.54) is 0 Å². The molecule has 1 atom stereocenters. The Balaban J connectivity index is 1.85. The van der Waals surface area contributed by atoms with Gasteiger partial charge in [0.25, 0.3) is 0 Å². The van der Waals surface area contributed by atoms with E-state index in [-0.39, 0.29) is 11.8 Å². The maximum absolute atomic E-state index is 12.9. The Kier molecular flexibility index (Phi) is 5.30. The van der Waals surface area contributed by atoms with Gasteiger partial charge in [0.05, 0.1) is 13.7 Å². The molecule has 1 aromatic carbocycles. The number of allylic oxidation sites excluding steroid dienone is 2. The first kappa shape index (κ1) is 18.9. The number of nitrogens with one attached hydrogen (secondary N) is 1. The van der Waals surface area contributed by atoms with Crippen LogP contribution in [-0.2, 0) is 4.79 Å². The Bertz CT molecular complexity index is 938. The minimum Gasteiger partial charge on any atom is -0.493 e. The molecule has 2 aromatic rings. The van der Waals surface area contributed by atoms with Crippen LogP contribution in [0.25, 0.3) is 0 Å². The summed E-state index contributed by atoms with van der Waals surface area (Å²) in [4.78, 5) is 17.5. The fourth-order valence-electron chi connectivity index (χ4n) is 3.76. The van der Waals surface area contributed by atoms with Crippen molar-refractivity contribution in [1.82, 2.24) is 14.8 Å². The lowest BCUT2D eigenvalue weighted by atomic mass is 9.85. The molecule has 1 aliphatic carbocycles. The maximum atomic E-state index is 12.9. The Hall–Kier alpha value is -2.48. The minimum absolute atomic E-state index is 0.164. The molecule has 7 nitrogen and oxygen atoms in total. The third-order valence-corrected chi connectivity index (χ3v) is 5.65. The number of hydrogen-bond acceptors (Lipinski definition) is 7. The van der Waals surface area contributed by atoms with Gasteiger partial charge in [-0.1, -0.05) is 24.8 Å². The highest BCUT2D eigenvalue weighted by Crippen LogP contribution is 2.42. The predicted octanol–water partition coefficient (Wildman–Crippen LogP) is 3.82. The van der Waals surface area contributed by atoms with Crippen molar-refractivity contribution in [3.05, 3.63) is 35.0 Å². The molecule has 0 saturated heterocycles. The number of hydrogen-bond donors (Lipinski definition) is 1. The van der Waals surface area contributed by atoms with Crippen molar-refractivity contribution >= 4 is 23.5 Å². The van der Waals surface area contributed by atoms with Gasteiger partial charge in [0.2, 0.25) is 11.1 Å². The van der Waals surface area contributed by atoms with Gasteiger partial charge in [0.15, 0.2) is 17.3 Å². The Morgan fingerprint density at radius 3 is 2.89 bits per heavy atom. The van der Waals surface area contributed by atoms with Crippen molar-refractivity contribution < 1.29 is 14.3 Å². The van der Waals surface area contributed by atoms with Gasteiger partial charge in [-0.2, -0.15) is 4.98 Å². The standard InChI is InChI=1S/C20H24N4O3S/c1-4-27-15-10-9-12(11-16(15)26-3)18-17-13(7-6-8-14(17)25)21-19-22-20(28-5-2)23-24(18)19/h9-11,18H,4-8H2,1-3H3,(H,21,22,23)/t18-/m0/s1. The molecule has 1 aliphatic heterocycles. The maximum Gasteiger partial charge on any atom is 0.227 e. The molecule has 0 spiro atoms. The van der Waals surface area contributed by atoms with Crippen molar-refractivity contribution in [3.63, 3.8) is 0 Å². The van der Waals surface area contributed by atoms with Crippen molar-refractivity contribution in [2.24, 2.45) is 0 Å². The zero-order valence-corrected chi connectivity index (χ0v) is 17.1. The number of aromatic nitrogens is 3. The molecule has 2 heterocycles. The second-order valence-electron chi connectivity index (χ2n) is 6.64. The van der Waals surface area contributed by atoms with Crippen LogP contribution >= 0.6 is 11.8 Å². The van der Waals surface area contributed by atoms with Crippen LogP contribution in [0.4, 0.5) is 5.95 Å². The predicted molar refractivity (Wildman–Crippen MR) is 108 cm³/mol. The van der Waals surface area contributed by atoms with E-state index >= 15 is 0 Å². The number of nitrogens with zero attached hydrogens (tertiary/aromatic N) is 3. The number of carbonyl (C=O) groups is 1. The highest BCUT2D eigenvalue weighted by atomic mass is 32.2. The largest absolute Gasteiger partial charge is 0.493 e. The van der Waals surface area contributed by atoms with Gasteiger partial charge < -0.3 is 14.8 Å². The van der Waals surface area contributed by atoms with E-state index in [1.807, 2.05) is 29.8 Å². The van der Waals surface area contributed by atoms with Crippen LogP contribution < -0.4 is 14.8 Å². The SMILES string of the molecule is CCOc1ccc([C@H]2C3=C(CCCC3=O)Nc3nc(SCC)nn32)cc1OC. The van der Waals surface area contributed by atoms with Crippen LogP contribution in [0.3, 0.4) is 0 Å². The summed E-state index contributed by atoms with van der Waals surface area (Å²) in [5.41, 5.74) is 2.67. The lowest BCUT2D eigenvalue weighted by molar-refractivity contribution is -0.116. The van der Waals surface area contributed by atoms with Crippen molar-refractivity contribution in [2.75, 3.05) is 24.8 Å². The summed E-state index contributed by atoms with van der Waals surface area (Å²) in [6, 6.07) is 5.49. The zero-order chi connectivity index (χ0) is 19.7. The molecule has 1 N–H and O–H groups in total. The molecule has 1 aromatic heterocycles. The number of ketones is 1. The van der Waals surface area contributed by atoms with Crippen LogP contribution in [0.15, 0.2) is 34.6 Å². The van der Waals surface area contributed by atoms with Gasteiger partial charge in [-0.05, 0) is 43.2 Å². The number of ether oxygens (including phenoxy) is 2. The first-order chi connectivity index (χ1) is 13.7. The third-order valence-electron chi connectivity index (χ3n) is 4.93. The molecule has 148 valence electrons. The van der Waals surface area contributed by atoms with Crippen molar-refractivity contribution in [2.45, 2.75) is 44.3 Å². The van der Waals surface area contributed by atoms with E-state index < -0.39 is 0 Å². The average Bonchev–Trinajstić information content (AvgIpc) is 3.09. The number of anilines is 1. The molecule has 0 radical (unpaired) electrons. The van der Waals surface area contributed by atoms with E-state index in [2.05, 4.69) is 22.3 Å². The number of fused-ring (bicyclic) bond motifs is 1. The molecule has 0 amide bonds. The topological polar surface area (TPSA) is 78.3 Å². The molecule has 0 bridgehead atoms. The van der Waals surface area contributed by atoms with Crippen LogP contribution in [0.5, 0.6) is 11.5 Å². The number of methoxy groups -OCH3 is 1. The van der Waals surface area contributed by atoms with E-state index in [0.29, 0.717) is 35.6 Å². The van der Waals surface area contributed by atoms with Crippen molar-refractivity contribution in [1.29, 1.82) is 0 Å². The van der Waals surface area contributed by atoms with Gasteiger partial charge in [-0.15, -0.1) is 5.10 Å². The highest BCUT2D eigenvalue weighted by Gasteiger charge is 2.37. The molecule has 8 heteroatoms. The average molecular weight is 401 g/mol. The quantitative estimate of drug-likeness (QED) is 0.739. The monoisotopic (exact) mass is 400 g/mol. The number of thioether (sulfide) groups is 1. The minimum atomic E-state index is -0.317. The molecular formula is C20H24N4O3S. The normalized spacial score (nSPS) is 18.4. The number of Topliss-reactive ketones (excluding diaryl/α,β-unsaturated/α-hetero) is 1. The van der Waals surface area contributed by atoms with E-state index in [0.717, 1.165) is 35.4 Å². The number of benzene rings is 1. The first-order valence-electron chi connectivity index (χ1n) is 9.59. The van der Waals surface area contributed by atoms with Crippen molar-refractivity contribution in [3.8, 4) is 11.5 Å². The summed E-state index contributed by atoms with van der Waals surface area (Å²) < 4.78 is 13.0. The summed E-state index contributed by atoms with van der Waals surface area (Å²) in [5, 5.41) is 8.74. The first-order valence-corrected chi connectivity index (χ1v) is 10.6. The summed E-state index contributed by atoms with van der Waals surface area (Å²) in [5.74, 6) is 3.07.